The first-order chi connectivity index (χ1) is 7.83. The lowest BCUT2D eigenvalue weighted by Gasteiger charge is -2.00. The van der Waals surface area contributed by atoms with E-state index in [9.17, 15) is 0 Å². The van der Waals surface area contributed by atoms with Crippen LogP contribution in [0.2, 0.25) is 0 Å². The van der Waals surface area contributed by atoms with Gasteiger partial charge in [0.25, 0.3) is 0 Å². The molecule has 0 atom stereocenters. The molecule has 0 saturated carbocycles. The second-order valence-corrected chi connectivity index (χ2v) is 3.23. The number of aromatic nitrogens is 4. The first-order valence-corrected chi connectivity index (χ1v) is 4.97. The molecular formula is C10H13N5O. The van der Waals surface area contributed by atoms with E-state index in [0.29, 0.717) is 18.8 Å². The summed E-state index contributed by atoms with van der Waals surface area (Å²) in [5, 5.41) is 12.0. The minimum atomic E-state index is 0.522. The van der Waals surface area contributed by atoms with Gasteiger partial charge < -0.3 is 10.5 Å². The molecule has 0 aliphatic rings. The molecular weight excluding hydrogens is 206 g/mol. The summed E-state index contributed by atoms with van der Waals surface area (Å²) in [4.78, 5) is 1.48. The average Bonchev–Trinajstić information content (AvgIpc) is 2.78. The topological polar surface area (TPSA) is 78.8 Å². The Kier molecular flexibility index (Phi) is 3.11. The van der Waals surface area contributed by atoms with Crippen LogP contribution in [0.25, 0.3) is 5.69 Å². The van der Waals surface area contributed by atoms with Crippen LogP contribution in [0, 0.1) is 0 Å². The fourth-order valence-electron chi connectivity index (χ4n) is 1.30. The lowest BCUT2D eigenvalue weighted by molar-refractivity contribution is 0.414. The molecule has 0 radical (unpaired) electrons. The summed E-state index contributed by atoms with van der Waals surface area (Å²) < 4.78 is 5.07. The highest BCUT2D eigenvalue weighted by molar-refractivity contribution is 5.35. The van der Waals surface area contributed by atoms with Crippen molar-refractivity contribution in [3.8, 4) is 11.4 Å². The van der Waals surface area contributed by atoms with E-state index in [4.69, 9.17) is 10.5 Å². The first-order valence-electron chi connectivity index (χ1n) is 4.97. The predicted octanol–water partition coefficient (Wildman–Crippen LogP) is 0.172. The molecule has 2 N–H and O–H groups in total. The number of hydrogen-bond donors (Lipinski definition) is 1. The smallest absolute Gasteiger partial charge is 0.176 e. The Labute approximate surface area is 93.0 Å². The van der Waals surface area contributed by atoms with E-state index in [1.165, 1.54) is 4.80 Å². The van der Waals surface area contributed by atoms with Crippen molar-refractivity contribution in [2.75, 3.05) is 13.7 Å². The lowest BCUT2D eigenvalue weighted by atomic mass is 10.3. The molecule has 0 unspecified atom stereocenters. The maximum absolute atomic E-state index is 5.41. The van der Waals surface area contributed by atoms with Crippen molar-refractivity contribution in [2.24, 2.45) is 5.73 Å². The third kappa shape index (κ3) is 2.17. The average molecular weight is 219 g/mol. The van der Waals surface area contributed by atoms with Gasteiger partial charge in [0, 0.05) is 6.42 Å². The molecule has 0 fully saturated rings. The molecule has 0 aliphatic heterocycles. The highest BCUT2D eigenvalue weighted by Crippen LogP contribution is 2.12. The van der Waals surface area contributed by atoms with Crippen LogP contribution in [0.15, 0.2) is 24.3 Å². The molecule has 2 aromatic rings. The Hall–Kier alpha value is -1.95. The van der Waals surface area contributed by atoms with E-state index < -0.39 is 0 Å². The largest absolute Gasteiger partial charge is 0.497 e. The summed E-state index contributed by atoms with van der Waals surface area (Å²) in [7, 11) is 1.63. The lowest BCUT2D eigenvalue weighted by Crippen LogP contribution is -2.05. The van der Waals surface area contributed by atoms with Gasteiger partial charge in [0.1, 0.15) is 5.75 Å². The number of methoxy groups -OCH3 is 1. The third-order valence-electron chi connectivity index (χ3n) is 2.13. The van der Waals surface area contributed by atoms with Crippen LogP contribution in [0.4, 0.5) is 0 Å². The van der Waals surface area contributed by atoms with Gasteiger partial charge in [-0.05, 0) is 36.0 Å². The van der Waals surface area contributed by atoms with E-state index in [-0.39, 0.29) is 0 Å². The van der Waals surface area contributed by atoms with Crippen molar-refractivity contribution in [3.63, 3.8) is 0 Å². The van der Waals surface area contributed by atoms with Crippen LogP contribution in [-0.2, 0) is 6.42 Å². The van der Waals surface area contributed by atoms with Crippen molar-refractivity contribution in [1.82, 2.24) is 20.2 Å². The molecule has 0 spiro atoms. The Morgan fingerprint density at radius 2 is 2.06 bits per heavy atom. The molecule has 2 rings (SSSR count). The summed E-state index contributed by atoms with van der Waals surface area (Å²) >= 11 is 0. The van der Waals surface area contributed by atoms with Gasteiger partial charge in [-0.15, -0.1) is 15.0 Å². The van der Waals surface area contributed by atoms with Crippen LogP contribution in [-0.4, -0.2) is 33.9 Å². The molecule has 6 nitrogen and oxygen atoms in total. The summed E-state index contributed by atoms with van der Waals surface area (Å²) in [6.45, 7) is 0.522. The number of benzene rings is 1. The van der Waals surface area contributed by atoms with Gasteiger partial charge >= 0.3 is 0 Å². The normalized spacial score (nSPS) is 10.4. The second kappa shape index (κ2) is 4.71. The van der Waals surface area contributed by atoms with Gasteiger partial charge in [0.15, 0.2) is 5.82 Å². The summed E-state index contributed by atoms with van der Waals surface area (Å²) in [6.07, 6.45) is 0.635. The van der Waals surface area contributed by atoms with Crippen LogP contribution in [0.3, 0.4) is 0 Å². The van der Waals surface area contributed by atoms with Gasteiger partial charge in [-0.1, -0.05) is 0 Å². The van der Waals surface area contributed by atoms with Gasteiger partial charge in [-0.25, -0.2) is 0 Å². The Balaban J connectivity index is 2.21. The SMILES string of the molecule is COc1ccc(-n2nnc(CCN)n2)cc1. The molecule has 0 aliphatic carbocycles. The van der Waals surface area contributed by atoms with E-state index in [1.807, 2.05) is 24.3 Å². The van der Waals surface area contributed by atoms with Crippen molar-refractivity contribution in [1.29, 1.82) is 0 Å². The number of tetrazole rings is 1. The quantitative estimate of drug-likeness (QED) is 0.793. The Morgan fingerprint density at radius 3 is 2.69 bits per heavy atom. The standard InChI is InChI=1S/C10H13N5O/c1-16-9-4-2-8(3-5-9)15-13-10(6-7-11)12-14-15/h2-5H,6-7,11H2,1H3. The van der Waals surface area contributed by atoms with Crippen LogP contribution in [0.5, 0.6) is 5.75 Å². The molecule has 0 amide bonds. The zero-order valence-electron chi connectivity index (χ0n) is 9.00. The zero-order chi connectivity index (χ0) is 11.4. The van der Waals surface area contributed by atoms with Gasteiger partial charge in [-0.2, -0.15) is 0 Å². The third-order valence-corrected chi connectivity index (χ3v) is 2.13. The fourth-order valence-corrected chi connectivity index (χ4v) is 1.30. The van der Waals surface area contributed by atoms with Gasteiger partial charge in [0.2, 0.25) is 0 Å². The van der Waals surface area contributed by atoms with Crippen LogP contribution >= 0.6 is 0 Å². The fraction of sp³-hybridized carbons (Fsp3) is 0.300. The Morgan fingerprint density at radius 1 is 1.31 bits per heavy atom. The van der Waals surface area contributed by atoms with Gasteiger partial charge in [0.05, 0.1) is 12.8 Å². The summed E-state index contributed by atoms with van der Waals surface area (Å²) in [5.41, 5.74) is 6.26. The monoisotopic (exact) mass is 219 g/mol. The maximum atomic E-state index is 5.41. The highest BCUT2D eigenvalue weighted by atomic mass is 16.5. The number of ether oxygens (including phenoxy) is 1. The maximum Gasteiger partial charge on any atom is 0.176 e. The predicted molar refractivity (Wildman–Crippen MR) is 58.5 cm³/mol. The number of hydrogen-bond acceptors (Lipinski definition) is 5. The zero-order valence-corrected chi connectivity index (χ0v) is 9.00. The molecule has 1 heterocycles. The number of rotatable bonds is 4. The van der Waals surface area contributed by atoms with Crippen LogP contribution < -0.4 is 10.5 Å². The van der Waals surface area contributed by atoms with Crippen molar-refractivity contribution >= 4 is 0 Å². The molecule has 6 heteroatoms. The molecule has 16 heavy (non-hydrogen) atoms. The number of nitrogens with two attached hydrogens (primary N) is 1. The summed E-state index contributed by atoms with van der Waals surface area (Å²) in [5.74, 6) is 1.45. The van der Waals surface area contributed by atoms with E-state index in [2.05, 4.69) is 15.4 Å². The highest BCUT2D eigenvalue weighted by Gasteiger charge is 2.03. The first kappa shape index (κ1) is 10.6. The van der Waals surface area contributed by atoms with E-state index >= 15 is 0 Å². The van der Waals surface area contributed by atoms with Crippen molar-refractivity contribution in [3.05, 3.63) is 30.1 Å². The molecule has 0 saturated heterocycles. The molecule has 1 aromatic carbocycles. The minimum Gasteiger partial charge on any atom is -0.497 e. The van der Waals surface area contributed by atoms with E-state index in [1.54, 1.807) is 7.11 Å². The van der Waals surface area contributed by atoms with Crippen molar-refractivity contribution < 1.29 is 4.74 Å². The Bertz CT molecular complexity index is 450. The number of nitrogens with zero attached hydrogens (tertiary/aromatic N) is 4. The molecule has 1 aromatic heterocycles. The minimum absolute atomic E-state index is 0.522. The molecule has 84 valence electrons. The van der Waals surface area contributed by atoms with E-state index in [0.717, 1.165) is 11.4 Å². The molecule has 0 bridgehead atoms. The second-order valence-electron chi connectivity index (χ2n) is 3.23. The summed E-state index contributed by atoms with van der Waals surface area (Å²) in [6, 6.07) is 7.43. The van der Waals surface area contributed by atoms with Crippen molar-refractivity contribution in [2.45, 2.75) is 6.42 Å². The van der Waals surface area contributed by atoms with Crippen LogP contribution in [0.1, 0.15) is 5.82 Å². The van der Waals surface area contributed by atoms with Gasteiger partial charge in [-0.3, -0.25) is 0 Å².